The van der Waals surface area contributed by atoms with E-state index in [4.69, 9.17) is 10.5 Å². The summed E-state index contributed by atoms with van der Waals surface area (Å²) in [4.78, 5) is 2.31. The number of hydrogen-bond donors (Lipinski definition) is 1. The van der Waals surface area contributed by atoms with Crippen LogP contribution in [0.2, 0.25) is 0 Å². The lowest BCUT2D eigenvalue weighted by Gasteiger charge is -2.22. The van der Waals surface area contributed by atoms with Gasteiger partial charge in [-0.05, 0) is 64.4 Å². The second kappa shape index (κ2) is 6.92. The van der Waals surface area contributed by atoms with E-state index in [9.17, 15) is 0 Å². The molecule has 1 rings (SSSR count). The number of nitrogens with two attached hydrogens (primary N) is 1. The fourth-order valence-electron chi connectivity index (χ4n) is 2.35. The molecule has 0 spiro atoms. The highest BCUT2D eigenvalue weighted by Gasteiger charge is 2.14. The van der Waals surface area contributed by atoms with Gasteiger partial charge in [0.2, 0.25) is 0 Å². The molecule has 1 aromatic rings. The van der Waals surface area contributed by atoms with Crippen LogP contribution in [0.3, 0.4) is 0 Å². The van der Waals surface area contributed by atoms with Gasteiger partial charge in [0.25, 0.3) is 0 Å². The highest BCUT2D eigenvalue weighted by atomic mass is 16.5. The van der Waals surface area contributed by atoms with E-state index in [2.05, 4.69) is 45.7 Å². The smallest absolute Gasteiger partial charge is 0.126 e. The number of benzene rings is 1. The van der Waals surface area contributed by atoms with E-state index >= 15 is 0 Å². The third kappa shape index (κ3) is 4.22. The van der Waals surface area contributed by atoms with Gasteiger partial charge >= 0.3 is 0 Å². The van der Waals surface area contributed by atoms with Crippen molar-refractivity contribution in [3.05, 3.63) is 28.3 Å². The molecule has 1 aromatic carbocycles. The standard InChI is InChI=1S/C16H28N2O/c1-11-9-12(2)15(16(19-6)14(11)4)10-18(5)8-7-13(3)17/h9,13H,7-8,10,17H2,1-6H3. The molecule has 3 heteroatoms. The number of rotatable bonds is 6. The Balaban J connectivity index is 2.91. The first kappa shape index (κ1) is 16.0. The van der Waals surface area contributed by atoms with Gasteiger partial charge in [0.1, 0.15) is 5.75 Å². The molecule has 0 aliphatic rings. The minimum absolute atomic E-state index is 0.255. The summed E-state index contributed by atoms with van der Waals surface area (Å²) >= 11 is 0. The van der Waals surface area contributed by atoms with Crippen LogP contribution in [0.5, 0.6) is 5.75 Å². The molecule has 0 heterocycles. The molecular weight excluding hydrogens is 236 g/mol. The molecular formula is C16H28N2O. The molecule has 3 nitrogen and oxygen atoms in total. The lowest BCUT2D eigenvalue weighted by atomic mass is 9.98. The van der Waals surface area contributed by atoms with E-state index in [0.29, 0.717) is 0 Å². The van der Waals surface area contributed by atoms with Crippen LogP contribution in [-0.4, -0.2) is 31.6 Å². The number of aryl methyl sites for hydroxylation is 2. The van der Waals surface area contributed by atoms with Crippen LogP contribution in [-0.2, 0) is 6.54 Å². The maximum atomic E-state index is 5.81. The summed E-state index contributed by atoms with van der Waals surface area (Å²) in [5, 5.41) is 0. The molecule has 0 saturated carbocycles. The van der Waals surface area contributed by atoms with Gasteiger partial charge in [0.05, 0.1) is 7.11 Å². The molecule has 2 N–H and O–H groups in total. The maximum absolute atomic E-state index is 5.81. The van der Waals surface area contributed by atoms with Crippen LogP contribution in [0.4, 0.5) is 0 Å². The predicted octanol–water partition coefficient (Wildman–Crippen LogP) is 2.79. The van der Waals surface area contributed by atoms with Crippen molar-refractivity contribution in [1.29, 1.82) is 0 Å². The highest BCUT2D eigenvalue weighted by molar-refractivity contribution is 5.49. The van der Waals surface area contributed by atoms with Crippen molar-refractivity contribution in [2.24, 2.45) is 5.73 Å². The quantitative estimate of drug-likeness (QED) is 0.858. The first-order chi connectivity index (χ1) is 8.86. The van der Waals surface area contributed by atoms with E-state index in [1.165, 1.54) is 22.3 Å². The van der Waals surface area contributed by atoms with Gasteiger partial charge in [-0.1, -0.05) is 6.07 Å². The lowest BCUT2D eigenvalue weighted by Crippen LogP contribution is -2.26. The van der Waals surface area contributed by atoms with E-state index in [1.54, 1.807) is 7.11 Å². The Morgan fingerprint density at radius 2 is 1.89 bits per heavy atom. The van der Waals surface area contributed by atoms with Gasteiger partial charge in [-0.2, -0.15) is 0 Å². The van der Waals surface area contributed by atoms with Crippen molar-refractivity contribution in [2.45, 2.75) is 46.7 Å². The number of nitrogens with zero attached hydrogens (tertiary/aromatic N) is 1. The lowest BCUT2D eigenvalue weighted by molar-refractivity contribution is 0.304. The summed E-state index contributed by atoms with van der Waals surface area (Å²) < 4.78 is 5.61. The van der Waals surface area contributed by atoms with Crippen molar-refractivity contribution < 1.29 is 4.74 Å². The van der Waals surface area contributed by atoms with E-state index in [1.807, 2.05) is 0 Å². The molecule has 0 radical (unpaired) electrons. The fraction of sp³-hybridized carbons (Fsp3) is 0.625. The Morgan fingerprint density at radius 3 is 2.42 bits per heavy atom. The van der Waals surface area contributed by atoms with Crippen LogP contribution >= 0.6 is 0 Å². The van der Waals surface area contributed by atoms with Crippen LogP contribution in [0.1, 0.15) is 35.6 Å². The van der Waals surface area contributed by atoms with Crippen molar-refractivity contribution in [3.8, 4) is 5.75 Å². The zero-order valence-electron chi connectivity index (χ0n) is 13.2. The SMILES string of the molecule is COc1c(C)c(C)cc(C)c1CN(C)CCC(C)N. The molecule has 0 amide bonds. The van der Waals surface area contributed by atoms with Crippen molar-refractivity contribution in [2.75, 3.05) is 20.7 Å². The Morgan fingerprint density at radius 1 is 1.26 bits per heavy atom. The Bertz CT molecular complexity index is 427. The van der Waals surface area contributed by atoms with E-state index in [-0.39, 0.29) is 6.04 Å². The average molecular weight is 264 g/mol. The monoisotopic (exact) mass is 264 g/mol. The normalized spacial score (nSPS) is 12.8. The molecule has 108 valence electrons. The minimum atomic E-state index is 0.255. The Labute approximate surface area is 117 Å². The summed E-state index contributed by atoms with van der Waals surface area (Å²) in [5.41, 5.74) is 10.9. The summed E-state index contributed by atoms with van der Waals surface area (Å²) in [6.07, 6.45) is 1.02. The van der Waals surface area contributed by atoms with Crippen molar-refractivity contribution >= 4 is 0 Å². The largest absolute Gasteiger partial charge is 0.496 e. The van der Waals surface area contributed by atoms with Gasteiger partial charge in [-0.15, -0.1) is 0 Å². The molecule has 19 heavy (non-hydrogen) atoms. The second-order valence-electron chi connectivity index (χ2n) is 5.65. The zero-order valence-corrected chi connectivity index (χ0v) is 13.2. The third-order valence-electron chi connectivity index (χ3n) is 3.71. The van der Waals surface area contributed by atoms with Gasteiger partial charge in [-0.25, -0.2) is 0 Å². The Kier molecular flexibility index (Phi) is 5.83. The zero-order chi connectivity index (χ0) is 14.6. The highest BCUT2D eigenvalue weighted by Crippen LogP contribution is 2.30. The molecule has 1 unspecified atom stereocenters. The summed E-state index contributed by atoms with van der Waals surface area (Å²) in [6.45, 7) is 10.4. The van der Waals surface area contributed by atoms with Gasteiger partial charge in [0.15, 0.2) is 0 Å². The molecule has 0 saturated heterocycles. The van der Waals surface area contributed by atoms with E-state index < -0.39 is 0 Å². The summed E-state index contributed by atoms with van der Waals surface area (Å²) in [5.74, 6) is 1.03. The van der Waals surface area contributed by atoms with Crippen LogP contribution in [0.25, 0.3) is 0 Å². The van der Waals surface area contributed by atoms with Gasteiger partial charge in [0, 0.05) is 18.2 Å². The number of methoxy groups -OCH3 is 1. The Hall–Kier alpha value is -1.06. The van der Waals surface area contributed by atoms with Crippen LogP contribution < -0.4 is 10.5 Å². The van der Waals surface area contributed by atoms with Crippen LogP contribution in [0, 0.1) is 20.8 Å². The molecule has 0 aromatic heterocycles. The van der Waals surface area contributed by atoms with Crippen LogP contribution in [0.15, 0.2) is 6.07 Å². The third-order valence-corrected chi connectivity index (χ3v) is 3.71. The fourth-order valence-corrected chi connectivity index (χ4v) is 2.35. The summed E-state index contributed by atoms with van der Waals surface area (Å²) in [6, 6.07) is 2.50. The molecule has 0 aliphatic carbocycles. The summed E-state index contributed by atoms with van der Waals surface area (Å²) in [7, 11) is 3.89. The number of ether oxygens (including phenoxy) is 1. The molecule has 0 bridgehead atoms. The first-order valence-corrected chi connectivity index (χ1v) is 6.94. The topological polar surface area (TPSA) is 38.5 Å². The average Bonchev–Trinajstić information content (AvgIpc) is 2.34. The predicted molar refractivity (Wildman–Crippen MR) is 81.8 cm³/mol. The number of hydrogen-bond acceptors (Lipinski definition) is 3. The van der Waals surface area contributed by atoms with Crippen molar-refractivity contribution in [1.82, 2.24) is 4.90 Å². The van der Waals surface area contributed by atoms with Gasteiger partial charge < -0.3 is 15.4 Å². The molecule has 1 atom stereocenters. The van der Waals surface area contributed by atoms with Gasteiger partial charge in [-0.3, -0.25) is 0 Å². The maximum Gasteiger partial charge on any atom is 0.126 e. The molecule has 0 aliphatic heterocycles. The molecule has 0 fully saturated rings. The first-order valence-electron chi connectivity index (χ1n) is 6.94. The minimum Gasteiger partial charge on any atom is -0.496 e. The van der Waals surface area contributed by atoms with E-state index in [0.717, 1.165) is 25.3 Å². The van der Waals surface area contributed by atoms with Crippen molar-refractivity contribution in [3.63, 3.8) is 0 Å². The second-order valence-corrected chi connectivity index (χ2v) is 5.65.